The number of nitrogens with one attached hydrogen (secondary N) is 1. The summed E-state index contributed by atoms with van der Waals surface area (Å²) >= 11 is 0. The first-order valence-electron chi connectivity index (χ1n) is 7.44. The van der Waals surface area contributed by atoms with Gasteiger partial charge in [0.1, 0.15) is 5.69 Å². The molecule has 21 heavy (non-hydrogen) atoms. The van der Waals surface area contributed by atoms with Crippen molar-refractivity contribution < 1.29 is 4.92 Å². The number of hydrogen-bond acceptors (Lipinski definition) is 4. The first kappa shape index (κ1) is 13.8. The molecule has 1 aliphatic carbocycles. The zero-order chi connectivity index (χ0) is 14.8. The summed E-state index contributed by atoms with van der Waals surface area (Å²) in [6.45, 7) is 2.26. The lowest BCUT2D eigenvalue weighted by Gasteiger charge is -2.27. The van der Waals surface area contributed by atoms with Crippen molar-refractivity contribution in [2.75, 3.05) is 5.32 Å². The van der Waals surface area contributed by atoms with Gasteiger partial charge in [0.05, 0.1) is 15.8 Å². The molecule has 1 N–H and O–H groups in total. The molecule has 0 bridgehead atoms. The molecule has 1 aromatic heterocycles. The van der Waals surface area contributed by atoms with E-state index in [1.54, 1.807) is 24.4 Å². The van der Waals surface area contributed by atoms with E-state index in [1.165, 1.54) is 12.8 Å². The maximum atomic E-state index is 11.5. The maximum absolute atomic E-state index is 11.5. The third-order valence-corrected chi connectivity index (χ3v) is 4.31. The van der Waals surface area contributed by atoms with Crippen LogP contribution in [0.5, 0.6) is 0 Å². The van der Waals surface area contributed by atoms with Crippen LogP contribution < -0.4 is 5.32 Å². The smallest absolute Gasteiger partial charge is 0.301 e. The Labute approximate surface area is 123 Å². The fourth-order valence-corrected chi connectivity index (χ4v) is 3.07. The number of hydrogen-bond donors (Lipinski definition) is 1. The number of nitro benzene ring substituents is 1. The fraction of sp³-hybridized carbons (Fsp3) is 0.438. The second-order valence-corrected chi connectivity index (χ2v) is 5.89. The Morgan fingerprint density at radius 1 is 1.24 bits per heavy atom. The van der Waals surface area contributed by atoms with Crippen LogP contribution in [0.25, 0.3) is 10.9 Å². The standard InChI is InChI=1S/C16H19N3O2/c1-11-4-6-12(7-5-11)18-15-9-8-14-13(3-2-10-17-14)16(15)19(20)21/h2-3,8-12,18H,4-7H2,1H3. The van der Waals surface area contributed by atoms with Gasteiger partial charge in [-0.15, -0.1) is 0 Å². The lowest BCUT2D eigenvalue weighted by Crippen LogP contribution is -2.25. The molecular formula is C16H19N3O2. The molecule has 2 aromatic rings. The van der Waals surface area contributed by atoms with Crippen LogP contribution in [-0.2, 0) is 0 Å². The molecule has 5 nitrogen and oxygen atoms in total. The van der Waals surface area contributed by atoms with E-state index in [-0.39, 0.29) is 10.6 Å². The molecule has 0 spiro atoms. The summed E-state index contributed by atoms with van der Waals surface area (Å²) in [7, 11) is 0. The molecule has 0 radical (unpaired) electrons. The Hall–Kier alpha value is -2.17. The van der Waals surface area contributed by atoms with Crippen LogP contribution in [0.4, 0.5) is 11.4 Å². The fourth-order valence-electron chi connectivity index (χ4n) is 3.07. The molecule has 1 aromatic carbocycles. The molecule has 0 saturated heterocycles. The third-order valence-electron chi connectivity index (χ3n) is 4.31. The van der Waals surface area contributed by atoms with E-state index < -0.39 is 0 Å². The van der Waals surface area contributed by atoms with Crippen LogP contribution in [0.15, 0.2) is 30.5 Å². The van der Waals surface area contributed by atoms with Gasteiger partial charge in [0.2, 0.25) is 0 Å². The van der Waals surface area contributed by atoms with Gasteiger partial charge in [-0.25, -0.2) is 0 Å². The second kappa shape index (κ2) is 5.68. The summed E-state index contributed by atoms with van der Waals surface area (Å²) in [4.78, 5) is 15.3. The molecular weight excluding hydrogens is 266 g/mol. The van der Waals surface area contributed by atoms with Crippen LogP contribution >= 0.6 is 0 Å². The molecule has 1 aliphatic rings. The van der Waals surface area contributed by atoms with Gasteiger partial charge in [-0.1, -0.05) is 6.92 Å². The highest BCUT2D eigenvalue weighted by atomic mass is 16.6. The van der Waals surface area contributed by atoms with Crippen molar-refractivity contribution in [2.45, 2.75) is 38.6 Å². The minimum Gasteiger partial charge on any atom is -0.377 e. The van der Waals surface area contributed by atoms with Crippen LogP contribution in [0.1, 0.15) is 32.6 Å². The van der Waals surface area contributed by atoms with Crippen LogP contribution in [0.2, 0.25) is 0 Å². The van der Waals surface area contributed by atoms with E-state index in [4.69, 9.17) is 0 Å². The van der Waals surface area contributed by atoms with Crippen molar-refractivity contribution in [2.24, 2.45) is 5.92 Å². The molecule has 0 atom stereocenters. The first-order valence-corrected chi connectivity index (χ1v) is 7.44. The topological polar surface area (TPSA) is 68.1 Å². The summed E-state index contributed by atoms with van der Waals surface area (Å²) in [5.74, 6) is 0.763. The lowest BCUT2D eigenvalue weighted by molar-refractivity contribution is -0.382. The summed E-state index contributed by atoms with van der Waals surface area (Å²) in [6, 6.07) is 7.45. The number of rotatable bonds is 3. The van der Waals surface area contributed by atoms with Gasteiger partial charge in [-0.05, 0) is 55.9 Å². The minimum absolute atomic E-state index is 0.138. The van der Waals surface area contributed by atoms with Crippen molar-refractivity contribution >= 4 is 22.3 Å². The molecule has 0 unspecified atom stereocenters. The highest BCUT2D eigenvalue weighted by molar-refractivity contribution is 5.94. The van der Waals surface area contributed by atoms with Gasteiger partial charge in [0.15, 0.2) is 0 Å². The summed E-state index contributed by atoms with van der Waals surface area (Å²) in [5.41, 5.74) is 1.41. The molecule has 1 saturated carbocycles. The largest absolute Gasteiger partial charge is 0.377 e. The number of fused-ring (bicyclic) bond motifs is 1. The Bertz CT molecular complexity index is 664. The average Bonchev–Trinajstić information content (AvgIpc) is 2.49. The van der Waals surface area contributed by atoms with Crippen molar-refractivity contribution in [1.29, 1.82) is 0 Å². The number of anilines is 1. The first-order chi connectivity index (χ1) is 10.1. The molecule has 0 amide bonds. The SMILES string of the molecule is CC1CCC(Nc2ccc3ncccc3c2[N+](=O)[O-])CC1. The Morgan fingerprint density at radius 2 is 2.00 bits per heavy atom. The summed E-state index contributed by atoms with van der Waals surface area (Å²) in [5, 5.41) is 15.4. The van der Waals surface area contributed by atoms with Gasteiger partial charge < -0.3 is 5.32 Å². The third kappa shape index (κ3) is 2.82. The number of nitrogens with zero attached hydrogens (tertiary/aromatic N) is 2. The number of nitro groups is 1. The molecule has 5 heteroatoms. The Morgan fingerprint density at radius 3 is 2.71 bits per heavy atom. The Kier molecular flexibility index (Phi) is 3.73. The predicted molar refractivity (Wildman–Crippen MR) is 83.4 cm³/mol. The highest BCUT2D eigenvalue weighted by Gasteiger charge is 2.23. The van der Waals surface area contributed by atoms with Gasteiger partial charge in [-0.3, -0.25) is 15.1 Å². The van der Waals surface area contributed by atoms with Crippen molar-refractivity contribution in [1.82, 2.24) is 4.98 Å². The quantitative estimate of drug-likeness (QED) is 0.680. The van der Waals surface area contributed by atoms with E-state index >= 15 is 0 Å². The summed E-state index contributed by atoms with van der Waals surface area (Å²) in [6.07, 6.45) is 6.16. The molecule has 1 fully saturated rings. The number of benzene rings is 1. The van der Waals surface area contributed by atoms with Crippen molar-refractivity contribution in [3.05, 3.63) is 40.6 Å². The summed E-state index contributed by atoms with van der Waals surface area (Å²) < 4.78 is 0. The van der Waals surface area contributed by atoms with Crippen LogP contribution in [0, 0.1) is 16.0 Å². The second-order valence-electron chi connectivity index (χ2n) is 5.89. The zero-order valence-corrected chi connectivity index (χ0v) is 12.1. The van der Waals surface area contributed by atoms with E-state index in [0.717, 1.165) is 18.8 Å². The number of pyridine rings is 1. The van der Waals surface area contributed by atoms with E-state index in [1.807, 2.05) is 6.07 Å². The van der Waals surface area contributed by atoms with Gasteiger partial charge in [0.25, 0.3) is 0 Å². The molecule has 110 valence electrons. The minimum atomic E-state index is -0.308. The van der Waals surface area contributed by atoms with E-state index in [0.29, 0.717) is 22.6 Å². The molecule has 0 aliphatic heterocycles. The normalized spacial score (nSPS) is 22.1. The van der Waals surface area contributed by atoms with Gasteiger partial charge in [-0.2, -0.15) is 0 Å². The lowest BCUT2D eigenvalue weighted by atomic mass is 9.87. The number of aromatic nitrogens is 1. The maximum Gasteiger partial charge on any atom is 0.301 e. The van der Waals surface area contributed by atoms with E-state index in [2.05, 4.69) is 17.2 Å². The zero-order valence-electron chi connectivity index (χ0n) is 12.1. The highest BCUT2D eigenvalue weighted by Crippen LogP contribution is 2.34. The molecule has 3 rings (SSSR count). The Balaban J connectivity index is 1.94. The molecule has 1 heterocycles. The van der Waals surface area contributed by atoms with E-state index in [9.17, 15) is 10.1 Å². The van der Waals surface area contributed by atoms with Gasteiger partial charge in [0, 0.05) is 12.2 Å². The predicted octanol–water partition coefficient (Wildman–Crippen LogP) is 4.13. The average molecular weight is 285 g/mol. The van der Waals surface area contributed by atoms with Crippen molar-refractivity contribution in [3.8, 4) is 0 Å². The van der Waals surface area contributed by atoms with Gasteiger partial charge >= 0.3 is 5.69 Å². The van der Waals surface area contributed by atoms with Crippen LogP contribution in [-0.4, -0.2) is 15.9 Å². The monoisotopic (exact) mass is 285 g/mol. The van der Waals surface area contributed by atoms with Crippen molar-refractivity contribution in [3.63, 3.8) is 0 Å². The van der Waals surface area contributed by atoms with Crippen LogP contribution in [0.3, 0.4) is 0 Å².